The third-order valence-electron chi connectivity index (χ3n) is 4.49. The number of para-hydroxylation sites is 1. The Kier molecular flexibility index (Phi) is 6.93. The van der Waals surface area contributed by atoms with Crippen LogP contribution < -0.4 is 15.5 Å². The monoisotopic (exact) mass is 446 g/mol. The summed E-state index contributed by atoms with van der Waals surface area (Å²) in [6.07, 6.45) is 1.27. The van der Waals surface area contributed by atoms with Crippen LogP contribution in [0.25, 0.3) is 11.0 Å². The molecule has 3 aromatic rings. The normalized spacial score (nSPS) is 12.3. The molecule has 0 radical (unpaired) electrons. The Morgan fingerprint density at radius 2 is 1.81 bits per heavy atom. The molecule has 2 aromatic carbocycles. The lowest BCUT2D eigenvalue weighted by molar-refractivity contribution is 0.0706. The number of ether oxygens (including phenoxy) is 1. The van der Waals surface area contributed by atoms with Crippen LogP contribution in [0.3, 0.4) is 0 Å². The molecule has 0 bridgehead atoms. The second-order valence-corrected chi connectivity index (χ2v) is 9.27. The maximum absolute atomic E-state index is 12.6. The fraction of sp³-hybridized carbons (Fsp3) is 0.238. The summed E-state index contributed by atoms with van der Waals surface area (Å²) in [5.74, 6) is -0.734. The van der Waals surface area contributed by atoms with Gasteiger partial charge in [0, 0.05) is 17.2 Å². The van der Waals surface area contributed by atoms with Gasteiger partial charge < -0.3 is 14.5 Å². The minimum absolute atomic E-state index is 0.00698. The van der Waals surface area contributed by atoms with Gasteiger partial charge in [-0.2, -0.15) is 0 Å². The summed E-state index contributed by atoms with van der Waals surface area (Å²) < 4.78 is 34.4. The Morgan fingerprint density at radius 1 is 1.10 bits per heavy atom. The Morgan fingerprint density at radius 3 is 2.45 bits per heavy atom. The van der Waals surface area contributed by atoms with Gasteiger partial charge in [-0.25, -0.2) is 13.9 Å². The zero-order valence-electron chi connectivity index (χ0n) is 16.7. The first-order chi connectivity index (χ1) is 14.7. The lowest BCUT2D eigenvalue weighted by Crippen LogP contribution is -2.40. The van der Waals surface area contributed by atoms with E-state index >= 15 is 0 Å². The number of carbonyl (C=O) groups excluding carboxylic acids is 2. The topological polar surface area (TPSA) is 135 Å². The lowest BCUT2D eigenvalue weighted by Gasteiger charge is -2.18. The van der Waals surface area contributed by atoms with Crippen LogP contribution in [-0.4, -0.2) is 50.1 Å². The number of hydrogen-bond donors (Lipinski definition) is 3. The molecule has 0 aliphatic heterocycles. The van der Waals surface area contributed by atoms with Gasteiger partial charge in [-0.15, -0.1) is 0 Å². The molecule has 0 saturated heterocycles. The summed E-state index contributed by atoms with van der Waals surface area (Å²) in [5, 5.41) is 12.2. The highest BCUT2D eigenvalue weighted by Gasteiger charge is 2.20. The Labute approximate surface area is 178 Å². The highest BCUT2D eigenvalue weighted by Crippen LogP contribution is 2.19. The summed E-state index contributed by atoms with van der Waals surface area (Å²) in [6, 6.07) is 14.2. The van der Waals surface area contributed by atoms with E-state index in [2.05, 4.69) is 5.32 Å². The quantitative estimate of drug-likeness (QED) is 0.339. The molecule has 2 amide bonds. The van der Waals surface area contributed by atoms with Gasteiger partial charge in [-0.3, -0.25) is 14.8 Å². The van der Waals surface area contributed by atoms with Crippen LogP contribution in [-0.2, 0) is 9.84 Å². The molecule has 0 fully saturated rings. The number of fused-ring (bicyclic) bond motifs is 1. The van der Waals surface area contributed by atoms with Crippen LogP contribution in [0.2, 0.25) is 0 Å². The molecule has 1 unspecified atom stereocenters. The fourth-order valence-corrected chi connectivity index (χ4v) is 3.58. The number of hydroxylamine groups is 1. The predicted octanol–water partition coefficient (Wildman–Crippen LogP) is 2.16. The van der Waals surface area contributed by atoms with Crippen molar-refractivity contribution in [3.63, 3.8) is 0 Å². The van der Waals surface area contributed by atoms with Crippen LogP contribution in [0.5, 0.6) is 5.75 Å². The molecule has 9 nitrogen and oxygen atoms in total. The first-order valence-electron chi connectivity index (χ1n) is 9.39. The predicted molar refractivity (Wildman–Crippen MR) is 113 cm³/mol. The van der Waals surface area contributed by atoms with E-state index in [4.69, 9.17) is 14.4 Å². The van der Waals surface area contributed by atoms with Crippen molar-refractivity contribution >= 4 is 32.6 Å². The molecule has 1 heterocycles. The minimum atomic E-state index is -3.24. The third kappa shape index (κ3) is 6.30. The number of carbonyl (C=O) groups is 2. The van der Waals surface area contributed by atoms with Crippen LogP contribution in [0.1, 0.15) is 27.3 Å². The second-order valence-electron chi connectivity index (χ2n) is 7.01. The molecule has 0 aliphatic rings. The van der Waals surface area contributed by atoms with Crippen molar-refractivity contribution in [3.05, 3.63) is 65.9 Å². The molecule has 164 valence electrons. The van der Waals surface area contributed by atoms with Crippen LogP contribution in [0, 0.1) is 0 Å². The average molecular weight is 446 g/mol. The maximum atomic E-state index is 12.6. The van der Waals surface area contributed by atoms with Crippen LogP contribution >= 0.6 is 0 Å². The first-order valence-corrected chi connectivity index (χ1v) is 11.5. The standard InChI is InChI=1S/C21H22N2O7S/c1-31(27,28)11-10-16(13-29-17-8-6-14(7-9-17)20(24)23-26)22-21(25)19-12-15-4-2-3-5-18(15)30-19/h2-9,12,16,26H,10-11,13H2,1H3,(H,22,25)(H,23,24). The maximum Gasteiger partial charge on any atom is 0.287 e. The highest BCUT2D eigenvalue weighted by atomic mass is 32.2. The van der Waals surface area contributed by atoms with E-state index in [1.54, 1.807) is 18.2 Å². The summed E-state index contributed by atoms with van der Waals surface area (Å²) in [5.41, 5.74) is 2.35. The molecular weight excluding hydrogens is 424 g/mol. The van der Waals surface area contributed by atoms with Gasteiger partial charge in [0.05, 0.1) is 11.8 Å². The van der Waals surface area contributed by atoms with Gasteiger partial charge in [0.1, 0.15) is 27.8 Å². The number of nitrogens with one attached hydrogen (secondary N) is 2. The first kappa shape index (κ1) is 22.3. The number of rotatable bonds is 9. The number of amides is 2. The summed E-state index contributed by atoms with van der Waals surface area (Å²) in [7, 11) is -3.24. The van der Waals surface area contributed by atoms with Gasteiger partial charge in [-0.05, 0) is 42.8 Å². The highest BCUT2D eigenvalue weighted by molar-refractivity contribution is 7.90. The van der Waals surface area contributed by atoms with E-state index in [0.717, 1.165) is 11.6 Å². The van der Waals surface area contributed by atoms with Gasteiger partial charge >= 0.3 is 0 Å². The molecule has 0 aliphatic carbocycles. The number of benzene rings is 2. The van der Waals surface area contributed by atoms with Gasteiger partial charge in [0.15, 0.2) is 5.76 Å². The molecule has 0 spiro atoms. The zero-order valence-corrected chi connectivity index (χ0v) is 17.5. The van der Waals surface area contributed by atoms with Gasteiger partial charge in [-0.1, -0.05) is 18.2 Å². The molecule has 31 heavy (non-hydrogen) atoms. The van der Waals surface area contributed by atoms with Crippen LogP contribution in [0.4, 0.5) is 0 Å². The van der Waals surface area contributed by atoms with Gasteiger partial charge in [0.2, 0.25) is 0 Å². The number of furan rings is 1. The molecule has 1 aromatic heterocycles. The molecule has 3 N–H and O–H groups in total. The summed E-state index contributed by atoms with van der Waals surface area (Å²) >= 11 is 0. The van der Waals surface area contributed by atoms with E-state index in [9.17, 15) is 18.0 Å². The van der Waals surface area contributed by atoms with Crippen molar-refractivity contribution in [1.29, 1.82) is 0 Å². The SMILES string of the molecule is CS(=O)(=O)CCC(COc1ccc(C(=O)NO)cc1)NC(=O)c1cc2ccccc2o1. The largest absolute Gasteiger partial charge is 0.491 e. The number of hydrogen-bond acceptors (Lipinski definition) is 7. The molecule has 0 saturated carbocycles. The number of sulfone groups is 1. The van der Waals surface area contributed by atoms with Crippen molar-refractivity contribution in [2.45, 2.75) is 12.5 Å². The summed E-state index contributed by atoms with van der Waals surface area (Å²) in [6.45, 7) is 0.00698. The van der Waals surface area contributed by atoms with Crippen molar-refractivity contribution in [2.75, 3.05) is 18.6 Å². The molecular formula is C21H22N2O7S. The van der Waals surface area contributed by atoms with Crippen molar-refractivity contribution in [1.82, 2.24) is 10.8 Å². The Hall–Kier alpha value is -3.37. The van der Waals surface area contributed by atoms with Crippen LogP contribution in [0.15, 0.2) is 59.0 Å². The fourth-order valence-electron chi connectivity index (χ4n) is 2.87. The smallest absolute Gasteiger partial charge is 0.287 e. The third-order valence-corrected chi connectivity index (χ3v) is 5.47. The lowest BCUT2D eigenvalue weighted by atomic mass is 10.2. The summed E-state index contributed by atoms with van der Waals surface area (Å²) in [4.78, 5) is 24.0. The van der Waals surface area contributed by atoms with E-state index in [1.807, 2.05) is 12.1 Å². The van der Waals surface area contributed by atoms with Crippen molar-refractivity contribution < 1.29 is 32.4 Å². The molecule has 3 rings (SSSR count). The van der Waals surface area contributed by atoms with Crippen molar-refractivity contribution in [2.24, 2.45) is 0 Å². The Balaban J connectivity index is 1.68. The molecule has 1 atom stereocenters. The molecule has 10 heteroatoms. The zero-order chi connectivity index (χ0) is 22.4. The van der Waals surface area contributed by atoms with E-state index in [-0.39, 0.29) is 30.1 Å². The van der Waals surface area contributed by atoms with Gasteiger partial charge in [0.25, 0.3) is 11.8 Å². The Bertz CT molecular complexity index is 1140. The van der Waals surface area contributed by atoms with Crippen molar-refractivity contribution in [3.8, 4) is 5.75 Å². The van der Waals surface area contributed by atoms with E-state index in [0.29, 0.717) is 11.3 Å². The average Bonchev–Trinajstić information content (AvgIpc) is 3.19. The van der Waals surface area contributed by atoms with E-state index < -0.39 is 27.7 Å². The minimum Gasteiger partial charge on any atom is -0.491 e. The van der Waals surface area contributed by atoms with E-state index in [1.165, 1.54) is 29.7 Å². The second kappa shape index (κ2) is 9.63.